The standard InChI is InChI=1S/C32H53N3O2/c1-20(2)7-6-8-21(3)25-9-10-26-24-17-29(35-30(37)15-22-18-33-19-34-22)28-16-23(36)11-13-32(28,5)27(24)12-14-31(25,26)4/h17-21,23,25-30,35-37H,6-16H2,1-5H3,(H,33,34)/t21?,23-,25+,26-,27-,28?,29+,30?,31+,32+/m0/s1. The normalized spacial score (nSPS) is 41.0. The highest BCUT2D eigenvalue weighted by atomic mass is 16.3. The lowest BCUT2D eigenvalue weighted by Crippen LogP contribution is -2.58. The predicted molar refractivity (Wildman–Crippen MR) is 150 cm³/mol. The fraction of sp³-hybridized carbons (Fsp3) is 0.844. The van der Waals surface area contributed by atoms with Gasteiger partial charge < -0.3 is 15.2 Å². The van der Waals surface area contributed by atoms with E-state index in [-0.39, 0.29) is 17.6 Å². The van der Waals surface area contributed by atoms with E-state index >= 15 is 0 Å². The second-order valence-electron chi connectivity index (χ2n) is 14.3. The van der Waals surface area contributed by atoms with Crippen LogP contribution in [0.3, 0.4) is 0 Å². The van der Waals surface area contributed by atoms with Crippen molar-refractivity contribution >= 4 is 0 Å². The summed E-state index contributed by atoms with van der Waals surface area (Å²) in [6.07, 6.45) is 18.0. The molecule has 1 aromatic heterocycles. The Hall–Kier alpha value is -1.17. The molecule has 0 aromatic carbocycles. The third-order valence-electron chi connectivity index (χ3n) is 11.7. The van der Waals surface area contributed by atoms with E-state index in [1.807, 2.05) is 0 Å². The summed E-state index contributed by atoms with van der Waals surface area (Å²) in [5.41, 5.74) is 3.24. The third-order valence-corrected chi connectivity index (χ3v) is 11.7. The van der Waals surface area contributed by atoms with Gasteiger partial charge in [-0.2, -0.15) is 0 Å². The van der Waals surface area contributed by atoms with E-state index in [1.54, 1.807) is 18.1 Å². The second-order valence-corrected chi connectivity index (χ2v) is 14.3. The predicted octanol–water partition coefficient (Wildman–Crippen LogP) is 6.24. The summed E-state index contributed by atoms with van der Waals surface area (Å²) in [5, 5.41) is 25.3. The first-order valence-electron chi connectivity index (χ1n) is 15.4. The second kappa shape index (κ2) is 10.8. The van der Waals surface area contributed by atoms with E-state index in [4.69, 9.17) is 0 Å². The summed E-state index contributed by atoms with van der Waals surface area (Å²) in [7, 11) is 0. The molecule has 0 bridgehead atoms. The summed E-state index contributed by atoms with van der Waals surface area (Å²) >= 11 is 0. The van der Waals surface area contributed by atoms with Gasteiger partial charge in [-0.05, 0) is 91.3 Å². The molecule has 1 heterocycles. The van der Waals surface area contributed by atoms with Gasteiger partial charge in [-0.3, -0.25) is 5.32 Å². The quantitative estimate of drug-likeness (QED) is 0.234. The van der Waals surface area contributed by atoms with Crippen molar-refractivity contribution in [2.75, 3.05) is 0 Å². The van der Waals surface area contributed by atoms with E-state index in [2.05, 4.69) is 56.0 Å². The van der Waals surface area contributed by atoms with Gasteiger partial charge in [0.05, 0.1) is 12.4 Å². The first-order chi connectivity index (χ1) is 17.6. The van der Waals surface area contributed by atoms with Crippen LogP contribution in [0.5, 0.6) is 0 Å². The molecule has 5 nitrogen and oxygen atoms in total. The minimum atomic E-state index is -0.630. The average molecular weight is 512 g/mol. The molecule has 3 fully saturated rings. The number of fused-ring (bicyclic) bond motifs is 5. The maximum absolute atomic E-state index is 11.0. The number of aliphatic hydroxyl groups excluding tert-OH is 2. The van der Waals surface area contributed by atoms with Crippen molar-refractivity contribution in [3.63, 3.8) is 0 Å². The van der Waals surface area contributed by atoms with Gasteiger partial charge in [-0.25, -0.2) is 4.98 Å². The van der Waals surface area contributed by atoms with Crippen molar-refractivity contribution in [2.24, 2.45) is 46.3 Å². The number of imidazole rings is 1. The number of hydrogen-bond donors (Lipinski definition) is 4. The van der Waals surface area contributed by atoms with Crippen LogP contribution in [-0.4, -0.2) is 38.6 Å². The number of rotatable bonds is 9. The SMILES string of the molecule is CC(C)CCCC(C)[C@H]1CC[C@H]2C3=C[C@@H](NC(O)Cc4cnc[nH]4)C4C[C@@H](O)CC[C@]4(C)[C@H]3CC[C@]12C. The highest BCUT2D eigenvalue weighted by Gasteiger charge is 2.59. The van der Waals surface area contributed by atoms with Gasteiger partial charge in [0.15, 0.2) is 0 Å². The molecular weight excluding hydrogens is 458 g/mol. The van der Waals surface area contributed by atoms with Crippen molar-refractivity contribution < 1.29 is 10.2 Å². The number of aromatic nitrogens is 2. The maximum Gasteiger partial charge on any atom is 0.110 e. The van der Waals surface area contributed by atoms with E-state index in [9.17, 15) is 10.2 Å². The van der Waals surface area contributed by atoms with Crippen molar-refractivity contribution in [3.8, 4) is 0 Å². The Kier molecular flexibility index (Phi) is 7.98. The van der Waals surface area contributed by atoms with Gasteiger partial charge in [-0.1, -0.05) is 65.5 Å². The molecule has 0 spiro atoms. The van der Waals surface area contributed by atoms with Crippen molar-refractivity contribution in [3.05, 3.63) is 29.9 Å². The number of aliphatic hydroxyl groups is 2. The fourth-order valence-corrected chi connectivity index (χ4v) is 9.67. The van der Waals surface area contributed by atoms with Gasteiger partial charge in [0, 0.05) is 24.4 Å². The van der Waals surface area contributed by atoms with Crippen LogP contribution in [0, 0.1) is 46.3 Å². The van der Waals surface area contributed by atoms with Gasteiger partial charge in [-0.15, -0.1) is 0 Å². The molecule has 10 atom stereocenters. The van der Waals surface area contributed by atoms with Crippen LogP contribution < -0.4 is 5.32 Å². The molecule has 0 amide bonds. The highest BCUT2D eigenvalue weighted by Crippen LogP contribution is 2.67. The monoisotopic (exact) mass is 511 g/mol. The Bertz CT molecular complexity index is 928. The zero-order valence-electron chi connectivity index (χ0n) is 24.0. The van der Waals surface area contributed by atoms with Crippen LogP contribution in [0.2, 0.25) is 0 Å². The molecule has 5 heteroatoms. The Morgan fingerprint density at radius 2 is 1.81 bits per heavy atom. The smallest absolute Gasteiger partial charge is 0.110 e. The number of allylic oxidation sites excluding steroid dienone is 1. The van der Waals surface area contributed by atoms with Crippen molar-refractivity contribution in [2.45, 2.75) is 124 Å². The largest absolute Gasteiger partial charge is 0.393 e. The van der Waals surface area contributed by atoms with E-state index in [0.29, 0.717) is 29.6 Å². The first-order valence-corrected chi connectivity index (χ1v) is 15.4. The van der Waals surface area contributed by atoms with Gasteiger partial charge in [0.2, 0.25) is 0 Å². The highest BCUT2D eigenvalue weighted by molar-refractivity contribution is 5.31. The number of hydrogen-bond acceptors (Lipinski definition) is 4. The summed E-state index contributed by atoms with van der Waals surface area (Å²) < 4.78 is 0. The summed E-state index contributed by atoms with van der Waals surface area (Å²) in [6.45, 7) is 12.4. The minimum absolute atomic E-state index is 0.106. The number of aromatic amines is 1. The number of nitrogens with one attached hydrogen (secondary N) is 2. The molecular formula is C32H53N3O2. The Balaban J connectivity index is 1.39. The molecule has 4 N–H and O–H groups in total. The molecule has 3 saturated carbocycles. The van der Waals surface area contributed by atoms with Crippen LogP contribution in [-0.2, 0) is 6.42 Å². The molecule has 0 saturated heterocycles. The summed E-state index contributed by atoms with van der Waals surface area (Å²) in [5.74, 6) is 4.08. The lowest BCUT2D eigenvalue weighted by Gasteiger charge is -2.59. The zero-order valence-corrected chi connectivity index (χ0v) is 24.0. The molecule has 1 aromatic rings. The lowest BCUT2D eigenvalue weighted by atomic mass is 9.46. The molecule has 4 aliphatic carbocycles. The van der Waals surface area contributed by atoms with E-state index < -0.39 is 6.23 Å². The molecule has 208 valence electrons. The summed E-state index contributed by atoms with van der Waals surface area (Å²) in [6, 6.07) is 0.106. The molecule has 0 aliphatic heterocycles. The van der Waals surface area contributed by atoms with Crippen LogP contribution in [0.25, 0.3) is 0 Å². The van der Waals surface area contributed by atoms with Crippen molar-refractivity contribution in [1.29, 1.82) is 0 Å². The average Bonchev–Trinajstić information content (AvgIpc) is 3.47. The third kappa shape index (κ3) is 5.22. The van der Waals surface area contributed by atoms with Gasteiger partial charge >= 0.3 is 0 Å². The van der Waals surface area contributed by atoms with Crippen LogP contribution >= 0.6 is 0 Å². The topological polar surface area (TPSA) is 81.2 Å². The molecule has 37 heavy (non-hydrogen) atoms. The van der Waals surface area contributed by atoms with Crippen LogP contribution in [0.4, 0.5) is 0 Å². The number of H-pyrrole nitrogens is 1. The molecule has 5 rings (SSSR count). The van der Waals surface area contributed by atoms with Crippen LogP contribution in [0.1, 0.15) is 105 Å². The molecule has 4 aliphatic rings. The Morgan fingerprint density at radius 1 is 1.05 bits per heavy atom. The zero-order chi connectivity index (χ0) is 26.4. The first kappa shape index (κ1) is 27.4. The minimum Gasteiger partial charge on any atom is -0.393 e. The van der Waals surface area contributed by atoms with Crippen molar-refractivity contribution in [1.82, 2.24) is 15.3 Å². The summed E-state index contributed by atoms with van der Waals surface area (Å²) in [4.78, 5) is 7.24. The Morgan fingerprint density at radius 3 is 2.54 bits per heavy atom. The van der Waals surface area contributed by atoms with Crippen LogP contribution in [0.15, 0.2) is 24.2 Å². The van der Waals surface area contributed by atoms with Gasteiger partial charge in [0.1, 0.15) is 6.23 Å². The molecule has 3 unspecified atom stereocenters. The van der Waals surface area contributed by atoms with E-state index in [1.165, 1.54) is 44.9 Å². The molecule has 0 radical (unpaired) electrons. The number of nitrogens with zero attached hydrogens (tertiary/aromatic N) is 1. The Labute approximate surface area is 225 Å². The van der Waals surface area contributed by atoms with E-state index in [0.717, 1.165) is 42.7 Å². The fourth-order valence-electron chi connectivity index (χ4n) is 9.67. The maximum atomic E-state index is 11.0. The lowest BCUT2D eigenvalue weighted by molar-refractivity contribution is -0.0593. The van der Waals surface area contributed by atoms with Gasteiger partial charge in [0.25, 0.3) is 0 Å².